The number of unbranched alkanes of at least 4 members (excludes halogenated alkanes) is 1. The number of fused-ring (bicyclic) bond motifs is 1. The maximum absolute atomic E-state index is 13.3. The minimum Gasteiger partial charge on any atom is -0.493 e. The van der Waals surface area contributed by atoms with Gasteiger partial charge in [0.2, 0.25) is 0 Å². The molecule has 0 unspecified atom stereocenters. The molecule has 2 aromatic carbocycles. The number of para-hydroxylation sites is 1. The van der Waals surface area contributed by atoms with Crippen molar-refractivity contribution in [2.45, 2.75) is 26.7 Å². The van der Waals surface area contributed by atoms with E-state index in [1.54, 1.807) is 30.5 Å². The number of aromatic nitrogens is 2. The van der Waals surface area contributed by atoms with Gasteiger partial charge in [-0.15, -0.1) is 0 Å². The van der Waals surface area contributed by atoms with Crippen molar-refractivity contribution in [3.05, 3.63) is 48.3 Å². The molecule has 3 rings (SSSR count). The zero-order chi connectivity index (χ0) is 23.8. The fourth-order valence-corrected chi connectivity index (χ4v) is 3.60. The average Bonchev–Trinajstić information content (AvgIpc) is 2.84. The summed E-state index contributed by atoms with van der Waals surface area (Å²) < 4.78 is 11.2. The van der Waals surface area contributed by atoms with E-state index in [2.05, 4.69) is 16.9 Å². The van der Waals surface area contributed by atoms with Crippen LogP contribution in [-0.2, 0) is 0 Å². The van der Waals surface area contributed by atoms with Crippen molar-refractivity contribution in [2.24, 2.45) is 0 Å². The van der Waals surface area contributed by atoms with Crippen molar-refractivity contribution in [2.75, 3.05) is 51.0 Å². The summed E-state index contributed by atoms with van der Waals surface area (Å²) in [6.07, 6.45) is 3.52. The van der Waals surface area contributed by atoms with Gasteiger partial charge in [-0.05, 0) is 31.5 Å². The number of nitrogens with zero attached hydrogens (tertiary/aromatic N) is 4. The van der Waals surface area contributed by atoms with Crippen LogP contribution in [-0.4, -0.2) is 61.2 Å². The Morgan fingerprint density at radius 2 is 1.88 bits per heavy atom. The van der Waals surface area contributed by atoms with Crippen LogP contribution in [0.3, 0.4) is 0 Å². The first-order valence-electron chi connectivity index (χ1n) is 11.3. The molecule has 8 heteroatoms. The number of carbonyl (C=O) groups excluding carboxylic acids is 1. The molecule has 3 aromatic rings. The minimum atomic E-state index is -0.144. The number of nitrogens with two attached hydrogens (primary N) is 1. The molecule has 0 spiro atoms. The number of amides is 1. The van der Waals surface area contributed by atoms with Crippen molar-refractivity contribution in [1.82, 2.24) is 14.9 Å². The molecule has 0 saturated carbocycles. The molecule has 33 heavy (non-hydrogen) atoms. The molecule has 2 N–H and O–H groups in total. The van der Waals surface area contributed by atoms with Crippen molar-refractivity contribution < 1.29 is 14.3 Å². The Hall–Kier alpha value is -3.55. The Morgan fingerprint density at radius 1 is 1.09 bits per heavy atom. The van der Waals surface area contributed by atoms with E-state index in [0.717, 1.165) is 29.6 Å². The molecule has 1 aromatic heterocycles. The Labute approximate surface area is 195 Å². The van der Waals surface area contributed by atoms with Gasteiger partial charge in [-0.2, -0.15) is 0 Å². The normalized spacial score (nSPS) is 10.8. The highest BCUT2D eigenvalue weighted by Crippen LogP contribution is 2.33. The van der Waals surface area contributed by atoms with E-state index in [9.17, 15) is 4.79 Å². The van der Waals surface area contributed by atoms with Crippen LogP contribution >= 0.6 is 0 Å². The number of ether oxygens (including phenoxy) is 2. The van der Waals surface area contributed by atoms with E-state index in [1.807, 2.05) is 43.1 Å². The van der Waals surface area contributed by atoms with Crippen LogP contribution < -0.4 is 20.1 Å². The maximum Gasteiger partial charge on any atom is 0.256 e. The Balaban J connectivity index is 1.74. The smallest absolute Gasteiger partial charge is 0.256 e. The summed E-state index contributed by atoms with van der Waals surface area (Å²) >= 11 is 0. The second-order valence-corrected chi connectivity index (χ2v) is 7.81. The van der Waals surface area contributed by atoms with Crippen LogP contribution in [0.25, 0.3) is 10.9 Å². The summed E-state index contributed by atoms with van der Waals surface area (Å²) in [7, 11) is 3.53. The third-order valence-electron chi connectivity index (χ3n) is 5.58. The van der Waals surface area contributed by atoms with Crippen molar-refractivity contribution in [3.63, 3.8) is 0 Å². The van der Waals surface area contributed by atoms with Crippen LogP contribution in [0.15, 0.2) is 42.7 Å². The molecule has 1 amide bonds. The molecule has 0 bridgehead atoms. The summed E-state index contributed by atoms with van der Waals surface area (Å²) in [6, 6.07) is 11.2. The molecule has 176 valence electrons. The molecule has 1 heterocycles. The number of benzene rings is 2. The van der Waals surface area contributed by atoms with Crippen molar-refractivity contribution >= 4 is 28.3 Å². The van der Waals surface area contributed by atoms with E-state index in [0.29, 0.717) is 49.0 Å². The molecule has 0 aliphatic rings. The van der Waals surface area contributed by atoms with E-state index in [1.165, 1.54) is 0 Å². The van der Waals surface area contributed by atoms with Crippen LogP contribution in [0.4, 0.5) is 11.5 Å². The highest BCUT2D eigenvalue weighted by Gasteiger charge is 2.21. The van der Waals surface area contributed by atoms with Crippen molar-refractivity contribution in [3.8, 4) is 11.5 Å². The van der Waals surface area contributed by atoms with E-state index in [4.69, 9.17) is 15.2 Å². The summed E-state index contributed by atoms with van der Waals surface area (Å²) in [4.78, 5) is 25.9. The number of hydrogen-bond acceptors (Lipinski definition) is 7. The molecular formula is C25H33N5O3. The second-order valence-electron chi connectivity index (χ2n) is 7.81. The summed E-state index contributed by atoms with van der Waals surface area (Å²) in [5.74, 6) is 1.75. The van der Waals surface area contributed by atoms with Gasteiger partial charge in [0.1, 0.15) is 12.1 Å². The van der Waals surface area contributed by atoms with Gasteiger partial charge in [-0.1, -0.05) is 25.5 Å². The lowest BCUT2D eigenvalue weighted by atomic mass is 10.1. The number of methoxy groups -OCH3 is 1. The zero-order valence-corrected chi connectivity index (χ0v) is 19.9. The van der Waals surface area contributed by atoms with Crippen molar-refractivity contribution in [1.29, 1.82) is 0 Å². The van der Waals surface area contributed by atoms with Gasteiger partial charge in [-0.3, -0.25) is 4.79 Å². The van der Waals surface area contributed by atoms with Gasteiger partial charge in [0, 0.05) is 43.8 Å². The lowest BCUT2D eigenvalue weighted by molar-refractivity contribution is 0.0769. The standard InChI is InChI=1S/C25H33N5O3/c1-5-7-14-33-23-16-20(26)19(15-22(23)32-4)25(31)30(6-2)13-12-29(3)24-18-10-8-9-11-21(18)27-17-28-24/h8-11,15-17H,5-7,12-14,26H2,1-4H3. The van der Waals surface area contributed by atoms with Crippen LogP contribution in [0.2, 0.25) is 0 Å². The van der Waals surface area contributed by atoms with Gasteiger partial charge in [0.25, 0.3) is 5.91 Å². The molecule has 0 aliphatic carbocycles. The molecule has 8 nitrogen and oxygen atoms in total. The minimum absolute atomic E-state index is 0.144. The lowest BCUT2D eigenvalue weighted by Gasteiger charge is -2.26. The SMILES string of the molecule is CCCCOc1cc(N)c(C(=O)N(CC)CCN(C)c2ncnc3ccccc23)cc1OC. The topological polar surface area (TPSA) is 93.8 Å². The Kier molecular flexibility index (Phi) is 8.29. The highest BCUT2D eigenvalue weighted by molar-refractivity contribution is 6.00. The Morgan fingerprint density at radius 3 is 2.61 bits per heavy atom. The molecule has 0 aliphatic heterocycles. The van der Waals surface area contributed by atoms with Crippen LogP contribution in [0.1, 0.15) is 37.0 Å². The first-order chi connectivity index (χ1) is 16.0. The molecule has 0 radical (unpaired) electrons. The Bertz CT molecular complexity index is 1080. The number of nitrogen functional groups attached to an aromatic ring is 1. The summed E-state index contributed by atoms with van der Waals surface area (Å²) in [6.45, 7) is 6.29. The largest absolute Gasteiger partial charge is 0.493 e. The monoisotopic (exact) mass is 451 g/mol. The first-order valence-corrected chi connectivity index (χ1v) is 11.3. The van der Waals surface area contributed by atoms with Crippen LogP contribution in [0, 0.1) is 0 Å². The zero-order valence-electron chi connectivity index (χ0n) is 19.9. The number of likely N-dealkylation sites (N-methyl/N-ethyl adjacent to an activating group) is 2. The average molecular weight is 452 g/mol. The fraction of sp³-hybridized carbons (Fsp3) is 0.400. The van der Waals surface area contributed by atoms with E-state index < -0.39 is 0 Å². The number of rotatable bonds is 11. The second kappa shape index (κ2) is 11.4. The quantitative estimate of drug-likeness (QED) is 0.348. The summed E-state index contributed by atoms with van der Waals surface area (Å²) in [5.41, 5.74) is 7.91. The maximum atomic E-state index is 13.3. The van der Waals surface area contributed by atoms with E-state index in [-0.39, 0.29) is 5.91 Å². The number of carbonyl (C=O) groups is 1. The molecule has 0 fully saturated rings. The van der Waals surface area contributed by atoms with Gasteiger partial charge < -0.3 is 25.0 Å². The molecule has 0 saturated heterocycles. The number of hydrogen-bond donors (Lipinski definition) is 1. The molecule has 0 atom stereocenters. The van der Waals surface area contributed by atoms with Gasteiger partial charge in [0.15, 0.2) is 11.5 Å². The third kappa shape index (κ3) is 5.63. The van der Waals surface area contributed by atoms with Gasteiger partial charge in [0.05, 0.1) is 24.8 Å². The molecular weight excluding hydrogens is 418 g/mol. The number of anilines is 2. The predicted molar refractivity (Wildman–Crippen MR) is 132 cm³/mol. The highest BCUT2D eigenvalue weighted by atomic mass is 16.5. The third-order valence-corrected chi connectivity index (χ3v) is 5.58. The fourth-order valence-electron chi connectivity index (χ4n) is 3.60. The lowest BCUT2D eigenvalue weighted by Crippen LogP contribution is -2.38. The van der Waals surface area contributed by atoms with Gasteiger partial charge in [-0.25, -0.2) is 9.97 Å². The van der Waals surface area contributed by atoms with Gasteiger partial charge >= 0.3 is 0 Å². The first kappa shape index (κ1) is 24.1. The summed E-state index contributed by atoms with van der Waals surface area (Å²) in [5, 5.41) is 0.976. The van der Waals surface area contributed by atoms with E-state index >= 15 is 0 Å². The predicted octanol–water partition coefficient (Wildman–Crippen LogP) is 4.00. The van der Waals surface area contributed by atoms with Crippen LogP contribution in [0.5, 0.6) is 11.5 Å².